The molecule has 0 atom stereocenters. The molecule has 0 unspecified atom stereocenters. The van der Waals surface area contributed by atoms with Crippen molar-refractivity contribution in [2.45, 2.75) is 72.6 Å². The molecule has 0 amide bonds. The predicted octanol–water partition coefficient (Wildman–Crippen LogP) is 7.87. The number of hydrogen-bond acceptors (Lipinski definition) is 2. The van der Waals surface area contributed by atoms with E-state index in [0.717, 1.165) is 30.7 Å². The number of carbonyl (C=O) groups is 2. The Morgan fingerprint density at radius 1 is 0.541 bits per heavy atom. The summed E-state index contributed by atoms with van der Waals surface area (Å²) in [7, 11) is 0. The van der Waals surface area contributed by atoms with E-state index in [1.165, 1.54) is 66.1 Å². The van der Waals surface area contributed by atoms with E-state index >= 15 is 0 Å². The van der Waals surface area contributed by atoms with Crippen molar-refractivity contribution in [1.82, 2.24) is 0 Å². The van der Waals surface area contributed by atoms with Crippen LogP contribution in [-0.2, 0) is 41.5 Å². The van der Waals surface area contributed by atoms with Crippen LogP contribution in [0.4, 0.5) is 0 Å². The van der Waals surface area contributed by atoms with Crippen LogP contribution in [0.1, 0.15) is 95.6 Å². The Morgan fingerprint density at radius 2 is 0.984 bits per heavy atom. The largest absolute Gasteiger partial charge is 1.00 e. The third kappa shape index (κ3) is 12.6. The van der Waals surface area contributed by atoms with Gasteiger partial charge in [0.1, 0.15) is 0 Å². The summed E-state index contributed by atoms with van der Waals surface area (Å²) >= 11 is 0.842. The maximum absolute atomic E-state index is 12.1. The fourth-order valence-electron chi connectivity index (χ4n) is 7.21. The summed E-state index contributed by atoms with van der Waals surface area (Å²) in [6, 6.07) is 58.6. The minimum atomic E-state index is -0.178. The molecule has 312 valence electrons. The van der Waals surface area contributed by atoms with Gasteiger partial charge in [0.2, 0.25) is 0 Å². The molecule has 0 N–H and O–H groups in total. The van der Waals surface area contributed by atoms with E-state index < -0.39 is 0 Å². The molecule has 0 saturated heterocycles. The van der Waals surface area contributed by atoms with Crippen molar-refractivity contribution in [3.63, 3.8) is 0 Å². The van der Waals surface area contributed by atoms with Crippen molar-refractivity contribution in [1.29, 1.82) is 0 Å². The third-order valence-corrected chi connectivity index (χ3v) is 11.6. The zero-order valence-electron chi connectivity index (χ0n) is 36.4. The summed E-state index contributed by atoms with van der Waals surface area (Å²) in [6.07, 6.45) is 1.03. The van der Waals surface area contributed by atoms with Crippen molar-refractivity contribution in [2.75, 3.05) is 0 Å². The van der Waals surface area contributed by atoms with Crippen molar-refractivity contribution in [2.24, 2.45) is 0 Å². The van der Waals surface area contributed by atoms with Gasteiger partial charge in [-0.05, 0) is 28.4 Å². The molecule has 0 spiro atoms. The molecule has 8 aromatic carbocycles. The Labute approximate surface area is 390 Å². The zero-order chi connectivity index (χ0) is 42.3. The smallest absolute Gasteiger partial charge is 1.00 e. The number of aryl methyl sites for hydroxylation is 2. The molecule has 0 saturated carbocycles. The zero-order valence-corrected chi connectivity index (χ0v) is 40.3. The van der Waals surface area contributed by atoms with Crippen LogP contribution in [0.3, 0.4) is 0 Å². The minimum absolute atomic E-state index is 0. The van der Waals surface area contributed by atoms with Gasteiger partial charge < -0.3 is 24.8 Å². The van der Waals surface area contributed by atoms with Gasteiger partial charge in [0, 0.05) is 0 Å². The van der Waals surface area contributed by atoms with Crippen molar-refractivity contribution < 1.29 is 58.6 Å². The van der Waals surface area contributed by atoms with Crippen LogP contribution < -0.4 is 24.8 Å². The van der Waals surface area contributed by atoms with E-state index in [1.807, 2.05) is 12.1 Å². The summed E-state index contributed by atoms with van der Waals surface area (Å²) in [5.74, 6) is -0.356. The first-order valence-corrected chi connectivity index (χ1v) is 21.5. The molecule has 9 rings (SSSR count). The molecule has 0 heterocycles. The molecule has 0 aliphatic heterocycles. The standard InChI is InChI=1S/C21H25.C15H10O2.2C10H9.2ClH.Zr/c1-20(2,3)16-7-9-18-14(12-16)11-15-13-17(21(4,5)6)8-10-19(15)18;16-14(12-7-3-1-4-8-12)11-15(17)13-9-5-2-6-10-13;2*1-8-6-9-4-2-3-5-10(9)7-8;;;/h7-10,12H,11H2,1-6H3;1-10H;2*2-7H,1H3;2*1H;/q-1;;2*-1;;;/p-2. The molecular formula is C56H53Cl2O2Zr-5. The molecule has 61 heavy (non-hydrogen) atoms. The van der Waals surface area contributed by atoms with Crippen LogP contribution in [0.5, 0.6) is 0 Å². The van der Waals surface area contributed by atoms with E-state index in [4.69, 9.17) is 0 Å². The van der Waals surface area contributed by atoms with Crippen molar-refractivity contribution in [3.8, 4) is 11.1 Å². The number of ketones is 2. The second-order valence-electron chi connectivity index (χ2n) is 17.4. The van der Waals surface area contributed by atoms with Crippen LogP contribution in [0.2, 0.25) is 0 Å². The summed E-state index contributed by atoms with van der Waals surface area (Å²) in [5.41, 5.74) is 12.5. The minimum Gasteiger partial charge on any atom is -1.00 e. The Balaban J connectivity index is 0.000000185. The van der Waals surface area contributed by atoms with E-state index in [2.05, 4.69) is 165 Å². The normalized spacial score (nSPS) is 11.1. The van der Waals surface area contributed by atoms with E-state index in [1.54, 1.807) is 48.5 Å². The third-order valence-electron chi connectivity index (χ3n) is 10.5. The number of halogens is 2. The van der Waals surface area contributed by atoms with Crippen LogP contribution in [0, 0.1) is 19.9 Å². The molecule has 8 aromatic rings. The van der Waals surface area contributed by atoms with Gasteiger partial charge in [-0.25, -0.2) is 0 Å². The first kappa shape index (κ1) is 48.9. The van der Waals surface area contributed by atoms with Crippen molar-refractivity contribution in [3.05, 3.63) is 214 Å². The Hall–Kier alpha value is -4.79. The van der Waals surface area contributed by atoms with Gasteiger partial charge in [-0.15, -0.1) is 92.3 Å². The SMILES string of the molecule is CC(C)(C)c1[c-]c2c(cc1)-c1ccc(C(C)(C)C)cc1C2.Cc1cc2ccccc2[cH-]1.Cc1cc2ccccc2[cH-]1.O=C([C](=[Zr])C(=O)c1ccccc1)c1ccccc1.[Cl-].[Cl-]. The molecule has 0 bridgehead atoms. The van der Waals surface area contributed by atoms with Gasteiger partial charge in [0.25, 0.3) is 0 Å². The van der Waals surface area contributed by atoms with Crippen LogP contribution in [0.15, 0.2) is 164 Å². The summed E-state index contributed by atoms with van der Waals surface area (Å²) in [5, 5.41) is 5.39. The summed E-state index contributed by atoms with van der Waals surface area (Å²) in [4.78, 5) is 24.2. The van der Waals surface area contributed by atoms with Gasteiger partial charge in [0.15, 0.2) is 0 Å². The molecule has 1 aliphatic rings. The van der Waals surface area contributed by atoms with Gasteiger partial charge in [0.05, 0.1) is 0 Å². The first-order valence-electron chi connectivity index (χ1n) is 20.3. The average molecular weight is 920 g/mol. The quantitative estimate of drug-likeness (QED) is 0.102. The molecule has 5 heteroatoms. The van der Waals surface area contributed by atoms with Gasteiger partial charge in [-0.2, -0.15) is 35.9 Å². The monoisotopic (exact) mass is 917 g/mol. The van der Waals surface area contributed by atoms with Crippen LogP contribution in [0.25, 0.3) is 32.7 Å². The van der Waals surface area contributed by atoms with E-state index in [0.29, 0.717) is 14.3 Å². The molecule has 0 aromatic heterocycles. The van der Waals surface area contributed by atoms with Gasteiger partial charge >= 0.3 is 120 Å². The molecule has 0 radical (unpaired) electrons. The summed E-state index contributed by atoms with van der Waals surface area (Å²) in [6.45, 7) is 17.9. The van der Waals surface area contributed by atoms with E-state index in [9.17, 15) is 9.59 Å². The van der Waals surface area contributed by atoms with Gasteiger partial charge in [-0.1, -0.05) is 91.3 Å². The first-order chi connectivity index (χ1) is 28.1. The maximum Gasteiger partial charge on any atom is -1.00 e. The van der Waals surface area contributed by atoms with Crippen molar-refractivity contribution >= 4 is 36.3 Å². The Bertz CT molecular complexity index is 2470. The Morgan fingerprint density at radius 3 is 1.43 bits per heavy atom. The van der Waals surface area contributed by atoms with Crippen LogP contribution >= 0.6 is 0 Å². The van der Waals surface area contributed by atoms with Crippen LogP contribution in [-0.4, -0.2) is 14.8 Å². The molecular weight excluding hydrogens is 867 g/mol. The van der Waals surface area contributed by atoms with E-state index in [-0.39, 0.29) is 47.2 Å². The number of Topliss-reactive ketones (excluding diaryl/α,β-unsaturated/α-hetero) is 2. The number of fused-ring (bicyclic) bond motifs is 5. The second-order valence-corrected chi connectivity index (χ2v) is 18.6. The topological polar surface area (TPSA) is 34.1 Å². The second kappa shape index (κ2) is 21.3. The van der Waals surface area contributed by atoms with Gasteiger partial charge in [-0.3, -0.25) is 0 Å². The average Bonchev–Trinajstić information content (AvgIpc) is 3.93. The maximum atomic E-state index is 12.1. The predicted molar refractivity (Wildman–Crippen MR) is 246 cm³/mol. The number of carbonyl (C=O) groups excluding carboxylic acids is 2. The number of benzene rings is 6. The number of rotatable bonds is 4. The fraction of sp³-hybridized carbons (Fsp3) is 0.196. The molecule has 1 aliphatic carbocycles. The fourth-order valence-corrected chi connectivity index (χ4v) is 7.92. The number of hydrogen-bond donors (Lipinski definition) is 0. The Kier molecular flexibility index (Phi) is 17.1. The molecule has 0 fully saturated rings. The summed E-state index contributed by atoms with van der Waals surface area (Å²) < 4.78 is 0.333. The molecule has 2 nitrogen and oxygen atoms in total.